The second-order valence-corrected chi connectivity index (χ2v) is 2.46. The highest BCUT2D eigenvalue weighted by molar-refractivity contribution is 5.91. The summed E-state index contributed by atoms with van der Waals surface area (Å²) in [5, 5.41) is 7.44. The van der Waals surface area contributed by atoms with Crippen LogP contribution in [0.2, 0.25) is 0 Å². The molecule has 1 heterocycles. The highest BCUT2D eigenvalue weighted by atomic mass is 35.5. The standard InChI is InChI=1S/C6H13N5O.Cl/c7-5(8)10-6(9)11-1-3-12-4-2-11;/h1-4H2,(H5,7,8,9,10);. The lowest BCUT2D eigenvalue weighted by Crippen LogP contribution is -2.41. The van der Waals surface area contributed by atoms with E-state index in [0.29, 0.717) is 26.3 Å². The first-order valence-corrected chi connectivity index (χ1v) is 3.71. The van der Waals surface area contributed by atoms with Crippen LogP contribution in [0.1, 0.15) is 0 Å². The Hall–Kier alpha value is -1.01. The van der Waals surface area contributed by atoms with Crippen molar-refractivity contribution in [2.24, 2.45) is 16.5 Å². The normalized spacial score (nSPS) is 15.8. The fraction of sp³-hybridized carbons (Fsp3) is 0.667. The zero-order valence-electron chi connectivity index (χ0n) is 7.16. The molecule has 0 aromatic carbocycles. The third kappa shape index (κ3) is 3.95. The minimum atomic E-state index is -0.0773. The van der Waals surface area contributed by atoms with Crippen molar-refractivity contribution in [1.29, 1.82) is 5.41 Å². The topological polar surface area (TPSA) is 101 Å². The summed E-state index contributed by atoms with van der Waals surface area (Å²) < 4.78 is 5.11. The van der Waals surface area contributed by atoms with Gasteiger partial charge < -0.3 is 21.1 Å². The molecule has 0 aromatic heterocycles. The van der Waals surface area contributed by atoms with E-state index in [9.17, 15) is 0 Å². The van der Waals surface area contributed by atoms with Crippen LogP contribution in [0.5, 0.6) is 0 Å². The minimum Gasteiger partial charge on any atom is -0.378 e. The largest absolute Gasteiger partial charge is 0.378 e. The van der Waals surface area contributed by atoms with Crippen molar-refractivity contribution < 1.29 is 4.74 Å². The van der Waals surface area contributed by atoms with Crippen LogP contribution in [0, 0.1) is 5.41 Å². The smallest absolute Gasteiger partial charge is 0.221 e. The summed E-state index contributed by atoms with van der Waals surface area (Å²) in [6.07, 6.45) is 0. The molecule has 7 heteroatoms. The molecule has 1 aliphatic rings. The van der Waals surface area contributed by atoms with Crippen LogP contribution in [0.25, 0.3) is 0 Å². The molecule has 1 rings (SSSR count). The van der Waals surface area contributed by atoms with E-state index in [2.05, 4.69) is 4.99 Å². The quantitative estimate of drug-likeness (QED) is 0.357. The molecule has 1 fully saturated rings. The number of guanidine groups is 2. The van der Waals surface area contributed by atoms with Crippen LogP contribution in [0.3, 0.4) is 0 Å². The summed E-state index contributed by atoms with van der Waals surface area (Å²) in [7, 11) is 0. The van der Waals surface area contributed by atoms with Crippen molar-refractivity contribution in [3.05, 3.63) is 0 Å². The fourth-order valence-corrected chi connectivity index (χ4v) is 0.968. The third-order valence-corrected chi connectivity index (χ3v) is 1.55. The molecule has 6 nitrogen and oxygen atoms in total. The van der Waals surface area contributed by atoms with E-state index < -0.39 is 0 Å². The Kier molecular flexibility index (Phi) is 5.17. The van der Waals surface area contributed by atoms with Crippen LogP contribution in [-0.4, -0.2) is 43.1 Å². The molecule has 1 aliphatic heterocycles. The van der Waals surface area contributed by atoms with Gasteiger partial charge in [0, 0.05) is 25.5 Å². The number of morpholine rings is 1. The molecule has 5 N–H and O–H groups in total. The van der Waals surface area contributed by atoms with Gasteiger partial charge in [-0.1, -0.05) is 0 Å². The minimum absolute atomic E-state index is 0. The zero-order chi connectivity index (χ0) is 8.97. The number of hydrogen-bond acceptors (Lipinski definition) is 2. The molecule has 0 amide bonds. The summed E-state index contributed by atoms with van der Waals surface area (Å²) >= 11 is 0. The molecule has 0 saturated carbocycles. The first kappa shape index (κ1) is 12.0. The Bertz CT molecular complexity index is 197. The Morgan fingerprint density at radius 3 is 2.31 bits per heavy atom. The monoisotopic (exact) mass is 206 g/mol. The molecule has 0 unspecified atom stereocenters. The van der Waals surface area contributed by atoms with Gasteiger partial charge in [0.05, 0.1) is 13.2 Å². The summed E-state index contributed by atoms with van der Waals surface area (Å²) in [5.74, 6) is 0.0322. The molecule has 0 aliphatic carbocycles. The summed E-state index contributed by atoms with van der Waals surface area (Å²) in [6.45, 7) is 2.61. The highest BCUT2D eigenvalue weighted by Gasteiger charge is 2.12. The average Bonchev–Trinajstić information content (AvgIpc) is 2.05. The summed E-state index contributed by atoms with van der Waals surface area (Å²) in [5.41, 5.74) is 10.3. The lowest BCUT2D eigenvalue weighted by atomic mass is 10.4. The van der Waals surface area contributed by atoms with Crippen LogP contribution in [-0.2, 0) is 4.74 Å². The van der Waals surface area contributed by atoms with Crippen molar-refractivity contribution in [1.82, 2.24) is 4.90 Å². The predicted octanol–water partition coefficient (Wildman–Crippen LogP) is -0.784. The molecule has 1 radical (unpaired) electrons. The molecule has 0 aromatic rings. The summed E-state index contributed by atoms with van der Waals surface area (Å²) in [6, 6.07) is 0. The van der Waals surface area contributed by atoms with Gasteiger partial charge in [-0.2, -0.15) is 4.99 Å². The van der Waals surface area contributed by atoms with E-state index in [1.807, 2.05) is 0 Å². The maximum Gasteiger partial charge on any atom is 0.221 e. The Morgan fingerprint density at radius 2 is 1.85 bits per heavy atom. The highest BCUT2D eigenvalue weighted by Crippen LogP contribution is 1.97. The number of ether oxygens (including phenoxy) is 1. The van der Waals surface area contributed by atoms with Crippen molar-refractivity contribution in [2.45, 2.75) is 0 Å². The average molecular weight is 207 g/mol. The number of aliphatic imine (C=N–C) groups is 1. The lowest BCUT2D eigenvalue weighted by Gasteiger charge is -2.26. The van der Waals surface area contributed by atoms with E-state index >= 15 is 0 Å². The number of halogens is 1. The van der Waals surface area contributed by atoms with Crippen LogP contribution in [0.15, 0.2) is 4.99 Å². The predicted molar refractivity (Wildman–Crippen MR) is 51.8 cm³/mol. The maximum atomic E-state index is 7.44. The van der Waals surface area contributed by atoms with Crippen molar-refractivity contribution in [3.63, 3.8) is 0 Å². The van der Waals surface area contributed by atoms with Gasteiger partial charge in [-0.15, -0.1) is 0 Å². The second-order valence-electron chi connectivity index (χ2n) is 2.46. The van der Waals surface area contributed by atoms with E-state index in [4.69, 9.17) is 21.6 Å². The third-order valence-electron chi connectivity index (χ3n) is 1.55. The number of nitrogens with zero attached hydrogens (tertiary/aromatic N) is 2. The van der Waals surface area contributed by atoms with E-state index in [0.717, 1.165) is 0 Å². The van der Waals surface area contributed by atoms with Gasteiger partial charge in [0.25, 0.3) is 0 Å². The molecule has 13 heavy (non-hydrogen) atoms. The van der Waals surface area contributed by atoms with Gasteiger partial charge in [0.15, 0.2) is 5.96 Å². The van der Waals surface area contributed by atoms with Gasteiger partial charge in [-0.05, 0) is 0 Å². The van der Waals surface area contributed by atoms with Crippen molar-refractivity contribution in [2.75, 3.05) is 26.3 Å². The number of hydrogen-bond donors (Lipinski definition) is 3. The van der Waals surface area contributed by atoms with E-state index in [1.54, 1.807) is 4.90 Å². The maximum absolute atomic E-state index is 7.44. The molecular formula is C6H13ClN5O. The molecular weight excluding hydrogens is 194 g/mol. The van der Waals surface area contributed by atoms with Gasteiger partial charge in [0.1, 0.15) is 0 Å². The van der Waals surface area contributed by atoms with Gasteiger partial charge >= 0.3 is 0 Å². The van der Waals surface area contributed by atoms with Gasteiger partial charge in [-0.3, -0.25) is 5.41 Å². The zero-order valence-corrected chi connectivity index (χ0v) is 7.92. The number of nitrogens with one attached hydrogen (secondary N) is 1. The number of rotatable bonds is 0. The summed E-state index contributed by atoms with van der Waals surface area (Å²) in [4.78, 5) is 5.39. The van der Waals surface area contributed by atoms with E-state index in [-0.39, 0.29) is 24.3 Å². The Balaban J connectivity index is 0.00000144. The van der Waals surface area contributed by atoms with Crippen LogP contribution < -0.4 is 11.5 Å². The van der Waals surface area contributed by atoms with Gasteiger partial charge in [-0.25, -0.2) is 0 Å². The molecule has 75 valence electrons. The molecule has 0 atom stereocenters. The fourth-order valence-electron chi connectivity index (χ4n) is 0.968. The van der Waals surface area contributed by atoms with Crippen molar-refractivity contribution in [3.8, 4) is 0 Å². The molecule has 0 bridgehead atoms. The molecule has 1 saturated heterocycles. The number of nitrogens with two attached hydrogens (primary N) is 2. The van der Waals surface area contributed by atoms with Crippen molar-refractivity contribution >= 4 is 24.3 Å². The molecule has 0 spiro atoms. The Morgan fingerprint density at radius 1 is 1.31 bits per heavy atom. The van der Waals surface area contributed by atoms with E-state index in [1.165, 1.54) is 0 Å². The van der Waals surface area contributed by atoms with Crippen LogP contribution in [0.4, 0.5) is 0 Å². The first-order chi connectivity index (χ1) is 5.70. The van der Waals surface area contributed by atoms with Gasteiger partial charge in [0.2, 0.25) is 5.96 Å². The first-order valence-electron chi connectivity index (χ1n) is 3.71. The SMILES string of the molecule is N=C(N=C(N)N)N1CCOCC1.[Cl]. The second kappa shape index (κ2) is 5.60. The lowest BCUT2D eigenvalue weighted by molar-refractivity contribution is 0.0672. The van der Waals surface area contributed by atoms with Crippen LogP contribution >= 0.6 is 12.4 Å². The Labute approximate surface area is 82.8 Å².